The summed E-state index contributed by atoms with van der Waals surface area (Å²) < 4.78 is 5.73. The summed E-state index contributed by atoms with van der Waals surface area (Å²) in [5, 5.41) is 12.8. The number of hydrogen-bond acceptors (Lipinski definition) is 3. The first-order valence-corrected chi connectivity index (χ1v) is 4.90. The fraction of sp³-hybridized carbons (Fsp3) is 1.00. The van der Waals surface area contributed by atoms with E-state index in [0.717, 1.165) is 32.4 Å². The first kappa shape index (κ1) is 11.2. The summed E-state index contributed by atoms with van der Waals surface area (Å²) >= 11 is 0. The maximum Gasteiger partial charge on any atom is 0.0839 e. The van der Waals surface area contributed by atoms with Crippen molar-refractivity contribution in [2.24, 2.45) is 0 Å². The molecule has 1 saturated carbocycles. The van der Waals surface area contributed by atoms with Gasteiger partial charge in [-0.2, -0.15) is 0 Å². The van der Waals surface area contributed by atoms with E-state index < -0.39 is 0 Å². The summed E-state index contributed by atoms with van der Waals surface area (Å²) in [6, 6.07) is 0. The van der Waals surface area contributed by atoms with Gasteiger partial charge in [-0.1, -0.05) is 12.8 Å². The Hall–Kier alpha value is 0.170. The van der Waals surface area contributed by atoms with E-state index in [0.29, 0.717) is 6.10 Å². The third-order valence-corrected chi connectivity index (χ3v) is 2.78. The SMILES string of the molecule is Cl.OC1CCCCC1OC1CNC1. The van der Waals surface area contributed by atoms with Crippen LogP contribution in [0.25, 0.3) is 0 Å². The van der Waals surface area contributed by atoms with E-state index in [4.69, 9.17) is 4.74 Å². The van der Waals surface area contributed by atoms with Crippen LogP contribution in [0.2, 0.25) is 0 Å². The molecule has 0 aromatic heterocycles. The van der Waals surface area contributed by atoms with Crippen LogP contribution in [-0.2, 0) is 4.74 Å². The number of nitrogens with one attached hydrogen (secondary N) is 1. The molecule has 2 rings (SSSR count). The number of aliphatic hydroxyl groups excluding tert-OH is 1. The second-order valence-electron chi connectivity index (χ2n) is 3.81. The molecule has 2 fully saturated rings. The van der Waals surface area contributed by atoms with Gasteiger partial charge in [0.2, 0.25) is 0 Å². The molecule has 1 saturated heterocycles. The zero-order valence-electron chi connectivity index (χ0n) is 7.74. The lowest BCUT2D eigenvalue weighted by atomic mass is 9.94. The quantitative estimate of drug-likeness (QED) is 0.701. The van der Waals surface area contributed by atoms with Crippen LogP contribution in [0, 0.1) is 0 Å². The average Bonchev–Trinajstić information content (AvgIpc) is 2.00. The number of aliphatic hydroxyl groups is 1. The third-order valence-electron chi connectivity index (χ3n) is 2.78. The van der Waals surface area contributed by atoms with E-state index in [1.807, 2.05) is 0 Å². The molecule has 1 aliphatic heterocycles. The second-order valence-corrected chi connectivity index (χ2v) is 3.81. The highest BCUT2D eigenvalue weighted by Crippen LogP contribution is 2.22. The summed E-state index contributed by atoms with van der Waals surface area (Å²) in [5.41, 5.74) is 0. The van der Waals surface area contributed by atoms with Crippen molar-refractivity contribution >= 4 is 12.4 Å². The summed E-state index contributed by atoms with van der Waals surface area (Å²) in [6.45, 7) is 1.92. The normalized spacial score (nSPS) is 34.8. The van der Waals surface area contributed by atoms with Crippen molar-refractivity contribution in [3.63, 3.8) is 0 Å². The molecule has 13 heavy (non-hydrogen) atoms. The second kappa shape index (κ2) is 5.15. The largest absolute Gasteiger partial charge is 0.390 e. The van der Waals surface area contributed by atoms with Gasteiger partial charge in [-0.15, -0.1) is 12.4 Å². The number of hydrogen-bond donors (Lipinski definition) is 2. The number of rotatable bonds is 2. The molecule has 0 aromatic rings. The molecule has 1 aliphatic carbocycles. The van der Waals surface area contributed by atoms with Gasteiger partial charge < -0.3 is 15.2 Å². The minimum Gasteiger partial charge on any atom is -0.390 e. The molecule has 0 aromatic carbocycles. The van der Waals surface area contributed by atoms with Crippen LogP contribution < -0.4 is 5.32 Å². The van der Waals surface area contributed by atoms with Gasteiger partial charge in [0.15, 0.2) is 0 Å². The van der Waals surface area contributed by atoms with Gasteiger partial charge in [-0.3, -0.25) is 0 Å². The fourth-order valence-corrected chi connectivity index (χ4v) is 1.84. The van der Waals surface area contributed by atoms with Crippen LogP contribution in [0.3, 0.4) is 0 Å². The van der Waals surface area contributed by atoms with Crippen LogP contribution in [-0.4, -0.2) is 36.5 Å². The van der Waals surface area contributed by atoms with Crippen molar-refractivity contribution in [3.8, 4) is 0 Å². The summed E-state index contributed by atoms with van der Waals surface area (Å²) in [6.07, 6.45) is 4.60. The van der Waals surface area contributed by atoms with Gasteiger partial charge in [0.25, 0.3) is 0 Å². The first-order chi connectivity index (χ1) is 5.86. The van der Waals surface area contributed by atoms with Crippen LogP contribution in [0.15, 0.2) is 0 Å². The van der Waals surface area contributed by atoms with Gasteiger partial charge in [-0.05, 0) is 12.8 Å². The number of halogens is 1. The minimum absolute atomic E-state index is 0. The Kier molecular flexibility index (Phi) is 4.46. The molecule has 2 aliphatic rings. The van der Waals surface area contributed by atoms with Crippen molar-refractivity contribution in [1.82, 2.24) is 5.32 Å². The lowest BCUT2D eigenvalue weighted by Gasteiger charge is -2.35. The fourth-order valence-electron chi connectivity index (χ4n) is 1.84. The molecule has 0 bridgehead atoms. The van der Waals surface area contributed by atoms with Crippen molar-refractivity contribution in [1.29, 1.82) is 0 Å². The predicted molar refractivity (Wildman–Crippen MR) is 53.3 cm³/mol. The summed E-state index contributed by atoms with van der Waals surface area (Å²) in [7, 11) is 0. The third kappa shape index (κ3) is 2.81. The van der Waals surface area contributed by atoms with E-state index in [2.05, 4.69) is 5.32 Å². The highest BCUT2D eigenvalue weighted by molar-refractivity contribution is 5.85. The Bertz CT molecular complexity index is 153. The van der Waals surface area contributed by atoms with E-state index >= 15 is 0 Å². The Balaban J connectivity index is 0.000000845. The van der Waals surface area contributed by atoms with E-state index in [1.54, 1.807) is 0 Å². The minimum atomic E-state index is -0.209. The molecule has 4 heteroatoms. The van der Waals surface area contributed by atoms with Gasteiger partial charge in [0.05, 0.1) is 18.3 Å². The molecule has 0 amide bonds. The molecule has 2 unspecified atom stereocenters. The Labute approximate surface area is 85.3 Å². The van der Waals surface area contributed by atoms with Crippen molar-refractivity contribution in [2.45, 2.75) is 44.0 Å². The Morgan fingerprint density at radius 1 is 1.15 bits per heavy atom. The first-order valence-electron chi connectivity index (χ1n) is 4.90. The lowest BCUT2D eigenvalue weighted by molar-refractivity contribution is -0.107. The molecular weight excluding hydrogens is 190 g/mol. The van der Waals surface area contributed by atoms with Crippen LogP contribution in [0.4, 0.5) is 0 Å². The van der Waals surface area contributed by atoms with Crippen LogP contribution >= 0.6 is 12.4 Å². The zero-order valence-corrected chi connectivity index (χ0v) is 8.55. The highest BCUT2D eigenvalue weighted by Gasteiger charge is 2.28. The number of ether oxygens (including phenoxy) is 1. The smallest absolute Gasteiger partial charge is 0.0839 e. The van der Waals surface area contributed by atoms with Crippen molar-refractivity contribution < 1.29 is 9.84 Å². The standard InChI is InChI=1S/C9H17NO2.ClH/c11-8-3-1-2-4-9(8)12-7-5-10-6-7;/h7-11H,1-6H2;1H. The Morgan fingerprint density at radius 3 is 2.38 bits per heavy atom. The zero-order chi connectivity index (χ0) is 8.39. The van der Waals surface area contributed by atoms with E-state index in [-0.39, 0.29) is 24.6 Å². The van der Waals surface area contributed by atoms with Gasteiger partial charge in [0.1, 0.15) is 0 Å². The summed E-state index contributed by atoms with van der Waals surface area (Å²) in [4.78, 5) is 0. The molecule has 78 valence electrons. The topological polar surface area (TPSA) is 41.5 Å². The summed E-state index contributed by atoms with van der Waals surface area (Å²) in [5.74, 6) is 0. The molecule has 0 radical (unpaired) electrons. The van der Waals surface area contributed by atoms with Gasteiger partial charge in [-0.25, -0.2) is 0 Å². The molecule has 2 N–H and O–H groups in total. The lowest BCUT2D eigenvalue weighted by Crippen LogP contribution is -2.51. The van der Waals surface area contributed by atoms with E-state index in [1.165, 1.54) is 6.42 Å². The van der Waals surface area contributed by atoms with Gasteiger partial charge in [0, 0.05) is 13.1 Å². The average molecular weight is 208 g/mol. The molecular formula is C9H18ClNO2. The maximum absolute atomic E-state index is 9.59. The van der Waals surface area contributed by atoms with Crippen molar-refractivity contribution in [2.75, 3.05) is 13.1 Å². The molecule has 2 atom stereocenters. The highest BCUT2D eigenvalue weighted by atomic mass is 35.5. The van der Waals surface area contributed by atoms with Crippen LogP contribution in [0.5, 0.6) is 0 Å². The molecule has 3 nitrogen and oxygen atoms in total. The predicted octanol–water partition coefficient (Wildman–Crippen LogP) is 0.700. The Morgan fingerprint density at radius 2 is 1.85 bits per heavy atom. The monoisotopic (exact) mass is 207 g/mol. The maximum atomic E-state index is 9.59. The molecule has 1 heterocycles. The van der Waals surface area contributed by atoms with E-state index in [9.17, 15) is 5.11 Å². The van der Waals surface area contributed by atoms with Crippen LogP contribution in [0.1, 0.15) is 25.7 Å². The molecule has 0 spiro atoms. The van der Waals surface area contributed by atoms with Gasteiger partial charge >= 0.3 is 0 Å². The van der Waals surface area contributed by atoms with Crippen molar-refractivity contribution in [3.05, 3.63) is 0 Å².